The molecule has 1 aromatic carbocycles. The molecule has 0 bridgehead atoms. The Morgan fingerprint density at radius 3 is 2.33 bits per heavy atom. The molecule has 6 nitrogen and oxygen atoms in total. The lowest BCUT2D eigenvalue weighted by molar-refractivity contribution is -0.528. The van der Waals surface area contributed by atoms with Crippen LogP contribution in [0.15, 0.2) is 30.3 Å². The van der Waals surface area contributed by atoms with E-state index in [4.69, 9.17) is 4.74 Å². The van der Waals surface area contributed by atoms with E-state index in [9.17, 15) is 14.9 Å². The highest BCUT2D eigenvalue weighted by Gasteiger charge is 2.33. The number of alkyl carbamates (subject to hydrolysis) is 1. The summed E-state index contributed by atoms with van der Waals surface area (Å²) in [5.41, 5.74) is 0.0358. The van der Waals surface area contributed by atoms with E-state index in [1.54, 1.807) is 52.0 Å². The lowest BCUT2D eigenvalue weighted by Crippen LogP contribution is -2.42. The van der Waals surface area contributed by atoms with Crippen molar-refractivity contribution in [2.75, 3.05) is 0 Å². The maximum atomic E-state index is 11.9. The molecule has 2 unspecified atom stereocenters. The Labute approximate surface area is 124 Å². The van der Waals surface area contributed by atoms with Gasteiger partial charge in [0.1, 0.15) is 11.6 Å². The molecule has 0 spiro atoms. The summed E-state index contributed by atoms with van der Waals surface area (Å²) in [5.74, 6) is 0. The minimum Gasteiger partial charge on any atom is -0.444 e. The summed E-state index contributed by atoms with van der Waals surface area (Å²) in [4.78, 5) is 22.8. The van der Waals surface area contributed by atoms with Gasteiger partial charge in [-0.3, -0.25) is 10.1 Å². The van der Waals surface area contributed by atoms with Crippen molar-refractivity contribution in [2.24, 2.45) is 0 Å². The molecule has 6 heteroatoms. The first-order chi connectivity index (χ1) is 9.74. The van der Waals surface area contributed by atoms with Crippen molar-refractivity contribution >= 4 is 6.09 Å². The second-order valence-corrected chi connectivity index (χ2v) is 5.80. The normalized spacial score (nSPS) is 14.1. The van der Waals surface area contributed by atoms with E-state index in [1.165, 1.54) is 0 Å². The van der Waals surface area contributed by atoms with Gasteiger partial charge in [0, 0.05) is 11.3 Å². The quantitative estimate of drug-likeness (QED) is 0.667. The number of nitrogens with zero attached hydrogens (tertiary/aromatic N) is 1. The van der Waals surface area contributed by atoms with Crippen molar-refractivity contribution < 1.29 is 14.5 Å². The number of rotatable bonds is 5. The summed E-state index contributed by atoms with van der Waals surface area (Å²) >= 11 is 0. The van der Waals surface area contributed by atoms with E-state index >= 15 is 0 Å². The van der Waals surface area contributed by atoms with Gasteiger partial charge in [-0.2, -0.15) is 0 Å². The van der Waals surface area contributed by atoms with Gasteiger partial charge in [-0.15, -0.1) is 0 Å². The van der Waals surface area contributed by atoms with Crippen LogP contribution in [0.2, 0.25) is 0 Å². The van der Waals surface area contributed by atoms with E-state index in [1.807, 2.05) is 6.07 Å². The van der Waals surface area contributed by atoms with E-state index < -0.39 is 23.8 Å². The van der Waals surface area contributed by atoms with Gasteiger partial charge < -0.3 is 10.1 Å². The van der Waals surface area contributed by atoms with Crippen LogP contribution in [0.4, 0.5) is 4.79 Å². The molecule has 0 aliphatic heterocycles. The predicted octanol–water partition coefficient (Wildman–Crippen LogP) is 3.31. The fourth-order valence-electron chi connectivity index (χ4n) is 2.00. The molecule has 0 heterocycles. The number of nitro groups is 1. The second-order valence-electron chi connectivity index (χ2n) is 5.80. The second kappa shape index (κ2) is 7.06. The minimum absolute atomic E-state index is 0.308. The summed E-state index contributed by atoms with van der Waals surface area (Å²) < 4.78 is 5.19. The lowest BCUT2D eigenvalue weighted by atomic mass is 9.98. The molecule has 0 saturated carbocycles. The molecule has 21 heavy (non-hydrogen) atoms. The number of hydrogen-bond donors (Lipinski definition) is 1. The molecule has 1 rings (SSSR count). The monoisotopic (exact) mass is 294 g/mol. The number of amides is 1. The summed E-state index contributed by atoms with van der Waals surface area (Å²) in [6.45, 7) is 6.96. The first kappa shape index (κ1) is 16.9. The number of carbonyl (C=O) groups is 1. The van der Waals surface area contributed by atoms with Crippen LogP contribution in [0, 0.1) is 10.1 Å². The van der Waals surface area contributed by atoms with Gasteiger partial charge >= 0.3 is 6.09 Å². The third kappa shape index (κ3) is 5.41. The lowest BCUT2D eigenvalue weighted by Gasteiger charge is -2.25. The van der Waals surface area contributed by atoms with Crippen LogP contribution in [-0.2, 0) is 4.74 Å². The zero-order valence-electron chi connectivity index (χ0n) is 12.8. The topological polar surface area (TPSA) is 81.5 Å². The highest BCUT2D eigenvalue weighted by molar-refractivity contribution is 5.68. The van der Waals surface area contributed by atoms with Crippen molar-refractivity contribution in [2.45, 2.75) is 51.8 Å². The van der Waals surface area contributed by atoms with Crippen LogP contribution in [0.3, 0.4) is 0 Å². The van der Waals surface area contributed by atoms with Crippen LogP contribution < -0.4 is 5.32 Å². The number of ether oxygens (including phenoxy) is 1. The van der Waals surface area contributed by atoms with Gasteiger partial charge in [-0.25, -0.2) is 4.79 Å². The number of carbonyl (C=O) groups excluding carboxylic acids is 1. The first-order valence-corrected chi connectivity index (χ1v) is 6.92. The Bertz CT molecular complexity index is 482. The number of nitrogens with one attached hydrogen (secondary N) is 1. The van der Waals surface area contributed by atoms with Gasteiger partial charge in [0.15, 0.2) is 0 Å². The van der Waals surface area contributed by atoms with Gasteiger partial charge in [0.05, 0.1) is 0 Å². The molecule has 0 fully saturated rings. The summed E-state index contributed by atoms with van der Waals surface area (Å²) in [7, 11) is 0. The standard InChI is InChI=1S/C15H22N2O4/c1-5-12(17(19)20)13(11-9-7-6-8-10-11)16-14(18)21-15(2,3)4/h6-10,12-13H,5H2,1-4H3,(H,16,18). The molecular weight excluding hydrogens is 272 g/mol. The Morgan fingerprint density at radius 2 is 1.90 bits per heavy atom. The molecule has 0 aromatic heterocycles. The molecule has 0 radical (unpaired) electrons. The Morgan fingerprint density at radius 1 is 1.33 bits per heavy atom. The molecule has 0 aliphatic carbocycles. The van der Waals surface area contributed by atoms with E-state index in [0.717, 1.165) is 0 Å². The fourth-order valence-corrected chi connectivity index (χ4v) is 2.00. The summed E-state index contributed by atoms with van der Waals surface area (Å²) in [6, 6.07) is 7.28. The summed E-state index contributed by atoms with van der Waals surface area (Å²) in [6.07, 6.45) is -0.348. The third-order valence-electron chi connectivity index (χ3n) is 2.90. The van der Waals surface area contributed by atoms with Crippen molar-refractivity contribution in [1.82, 2.24) is 5.32 Å². The van der Waals surface area contributed by atoms with Gasteiger partial charge in [-0.05, 0) is 26.3 Å². The summed E-state index contributed by atoms with van der Waals surface area (Å²) in [5, 5.41) is 13.8. The van der Waals surface area contributed by atoms with E-state index in [-0.39, 0.29) is 4.92 Å². The molecule has 1 N–H and O–H groups in total. The number of benzene rings is 1. The van der Waals surface area contributed by atoms with Crippen molar-refractivity contribution in [3.63, 3.8) is 0 Å². The van der Waals surface area contributed by atoms with Crippen molar-refractivity contribution in [3.8, 4) is 0 Å². The smallest absolute Gasteiger partial charge is 0.408 e. The molecule has 0 saturated heterocycles. The number of hydrogen-bond acceptors (Lipinski definition) is 4. The van der Waals surface area contributed by atoms with Crippen LogP contribution in [0.25, 0.3) is 0 Å². The largest absolute Gasteiger partial charge is 0.444 e. The Balaban J connectivity index is 2.98. The van der Waals surface area contributed by atoms with Crippen LogP contribution in [0.5, 0.6) is 0 Å². The average molecular weight is 294 g/mol. The van der Waals surface area contributed by atoms with Gasteiger partial charge in [-0.1, -0.05) is 37.3 Å². The molecule has 116 valence electrons. The van der Waals surface area contributed by atoms with Crippen LogP contribution in [-0.4, -0.2) is 22.7 Å². The zero-order chi connectivity index (χ0) is 16.0. The maximum Gasteiger partial charge on any atom is 0.408 e. The van der Waals surface area contributed by atoms with Gasteiger partial charge in [0.25, 0.3) is 0 Å². The Hall–Kier alpha value is -2.11. The first-order valence-electron chi connectivity index (χ1n) is 6.92. The minimum atomic E-state index is -0.903. The molecule has 1 amide bonds. The third-order valence-corrected chi connectivity index (χ3v) is 2.90. The highest BCUT2D eigenvalue weighted by Crippen LogP contribution is 2.22. The zero-order valence-corrected chi connectivity index (χ0v) is 12.8. The molecule has 0 aliphatic rings. The highest BCUT2D eigenvalue weighted by atomic mass is 16.6. The van der Waals surface area contributed by atoms with Crippen LogP contribution in [0.1, 0.15) is 45.7 Å². The molecule has 1 aromatic rings. The van der Waals surface area contributed by atoms with Crippen molar-refractivity contribution in [3.05, 3.63) is 46.0 Å². The van der Waals surface area contributed by atoms with Crippen molar-refractivity contribution in [1.29, 1.82) is 0 Å². The predicted molar refractivity (Wildman–Crippen MR) is 79.6 cm³/mol. The SMILES string of the molecule is CCC(C(NC(=O)OC(C)(C)C)c1ccccc1)[N+](=O)[O-]. The molecular formula is C15H22N2O4. The van der Waals surface area contributed by atoms with E-state index in [0.29, 0.717) is 12.0 Å². The fraction of sp³-hybridized carbons (Fsp3) is 0.533. The average Bonchev–Trinajstić information content (AvgIpc) is 2.37. The van der Waals surface area contributed by atoms with Gasteiger partial charge in [0.2, 0.25) is 6.04 Å². The molecule has 2 atom stereocenters. The van der Waals surface area contributed by atoms with Crippen LogP contribution >= 0.6 is 0 Å². The Kier molecular flexibility index (Phi) is 5.69. The maximum absolute atomic E-state index is 11.9. The van der Waals surface area contributed by atoms with E-state index in [2.05, 4.69) is 5.32 Å².